The first-order valence-corrected chi connectivity index (χ1v) is 9.06. The zero-order valence-corrected chi connectivity index (χ0v) is 15.1. The van der Waals surface area contributed by atoms with Gasteiger partial charge in [-0.05, 0) is 12.1 Å². The molecular formula is C18H17F2N5O4. The fourth-order valence-electron chi connectivity index (χ4n) is 3.87. The molecular weight excluding hydrogens is 388 g/mol. The number of benzene rings is 1. The third-order valence-electron chi connectivity index (χ3n) is 5.40. The maximum Gasteiger partial charge on any atom is 0.416 e. The van der Waals surface area contributed by atoms with Gasteiger partial charge in [-0.25, -0.2) is 23.5 Å². The highest BCUT2D eigenvalue weighted by molar-refractivity contribution is 5.93. The van der Waals surface area contributed by atoms with Crippen molar-refractivity contribution in [2.24, 2.45) is 5.73 Å². The van der Waals surface area contributed by atoms with Gasteiger partial charge in [-0.3, -0.25) is 4.79 Å². The number of nitrogens with two attached hydrogens (primary N) is 1. The van der Waals surface area contributed by atoms with Gasteiger partial charge >= 0.3 is 6.09 Å². The summed E-state index contributed by atoms with van der Waals surface area (Å²) in [6, 6.07) is 5.19. The van der Waals surface area contributed by atoms with Crippen molar-refractivity contribution in [2.75, 3.05) is 23.4 Å². The van der Waals surface area contributed by atoms with E-state index < -0.39 is 30.1 Å². The zero-order valence-electron chi connectivity index (χ0n) is 15.1. The largest absolute Gasteiger partial charge is 0.491 e. The van der Waals surface area contributed by atoms with Gasteiger partial charge in [0.05, 0.1) is 18.7 Å². The fraction of sp³-hybridized carbons (Fsp3) is 0.389. The molecule has 0 bridgehead atoms. The molecule has 152 valence electrons. The molecule has 9 nitrogen and oxygen atoms in total. The number of primary amides is 1. The van der Waals surface area contributed by atoms with Crippen molar-refractivity contribution in [1.29, 1.82) is 0 Å². The van der Waals surface area contributed by atoms with E-state index >= 15 is 0 Å². The lowest BCUT2D eigenvalue weighted by Gasteiger charge is -2.22. The number of halogens is 2. The number of rotatable bonds is 5. The number of aromatic nitrogens is 2. The van der Waals surface area contributed by atoms with Crippen molar-refractivity contribution in [3.8, 4) is 17.1 Å². The summed E-state index contributed by atoms with van der Waals surface area (Å²) in [6.07, 6.45) is -2.68. The van der Waals surface area contributed by atoms with E-state index in [0.29, 0.717) is 36.0 Å². The van der Waals surface area contributed by atoms with Gasteiger partial charge in [0.25, 0.3) is 6.43 Å². The molecule has 2 unspecified atom stereocenters. The number of carbonyl (C=O) groups excluding carboxylic acids is 2. The molecule has 29 heavy (non-hydrogen) atoms. The van der Waals surface area contributed by atoms with Gasteiger partial charge in [-0.1, -0.05) is 0 Å². The number of hydrogen-bond donors (Lipinski definition) is 2. The predicted molar refractivity (Wildman–Crippen MR) is 96.9 cm³/mol. The molecule has 3 heterocycles. The molecule has 0 spiro atoms. The van der Waals surface area contributed by atoms with Crippen LogP contribution < -0.4 is 20.7 Å². The Morgan fingerprint density at radius 2 is 2.28 bits per heavy atom. The number of ether oxygens (including phenoxy) is 2. The standard InChI is InChI=1S/C18H17F2N5O4/c19-16(20)18-6-12(18)29-17(27)25(18)14-8-24-3-4-28-11-5-9(22-7-13(21)26)1-2-10(11)15(24)23-14/h1-2,5,8,12,16,22H,3-4,6-7H2,(H2,21,26). The van der Waals surface area contributed by atoms with E-state index in [-0.39, 0.29) is 18.8 Å². The Balaban J connectivity index is 1.51. The second kappa shape index (κ2) is 6.06. The summed E-state index contributed by atoms with van der Waals surface area (Å²) in [6.45, 7) is 0.725. The van der Waals surface area contributed by atoms with Crippen LogP contribution in [0, 0.1) is 0 Å². The Labute approximate surface area is 163 Å². The van der Waals surface area contributed by atoms with Crippen LogP contribution >= 0.6 is 0 Å². The maximum atomic E-state index is 13.7. The molecule has 2 amide bonds. The van der Waals surface area contributed by atoms with Crippen molar-refractivity contribution in [1.82, 2.24) is 9.55 Å². The van der Waals surface area contributed by atoms with Crippen LogP contribution in [-0.4, -0.2) is 52.8 Å². The first-order chi connectivity index (χ1) is 13.9. The van der Waals surface area contributed by atoms with Gasteiger partial charge in [0, 0.05) is 24.4 Å². The first kappa shape index (κ1) is 17.7. The van der Waals surface area contributed by atoms with Crippen molar-refractivity contribution in [2.45, 2.75) is 31.0 Å². The average Bonchev–Trinajstić information content (AvgIpc) is 3.16. The molecule has 1 aromatic heterocycles. The lowest BCUT2D eigenvalue weighted by molar-refractivity contribution is -0.116. The summed E-state index contributed by atoms with van der Waals surface area (Å²) in [4.78, 5) is 28.6. The monoisotopic (exact) mass is 405 g/mol. The first-order valence-electron chi connectivity index (χ1n) is 9.06. The lowest BCUT2D eigenvalue weighted by Crippen LogP contribution is -2.43. The van der Waals surface area contributed by atoms with Crippen LogP contribution in [0.1, 0.15) is 6.42 Å². The number of anilines is 2. The van der Waals surface area contributed by atoms with E-state index in [1.807, 2.05) is 0 Å². The molecule has 3 N–H and O–H groups in total. The third-order valence-corrected chi connectivity index (χ3v) is 5.40. The number of carbonyl (C=O) groups is 2. The van der Waals surface area contributed by atoms with Crippen molar-refractivity contribution in [3.05, 3.63) is 24.4 Å². The summed E-state index contributed by atoms with van der Waals surface area (Å²) < 4.78 is 39.9. The maximum absolute atomic E-state index is 13.7. The average molecular weight is 405 g/mol. The number of nitrogens with zero attached hydrogens (tertiary/aromatic N) is 3. The summed E-state index contributed by atoms with van der Waals surface area (Å²) in [5, 5.41) is 2.89. The van der Waals surface area contributed by atoms with E-state index in [4.69, 9.17) is 15.2 Å². The van der Waals surface area contributed by atoms with Crippen LogP contribution in [-0.2, 0) is 16.1 Å². The summed E-state index contributed by atoms with van der Waals surface area (Å²) in [5.74, 6) is 0.654. The predicted octanol–water partition coefficient (Wildman–Crippen LogP) is 1.57. The van der Waals surface area contributed by atoms with Gasteiger partial charge in [-0.15, -0.1) is 0 Å². The molecule has 3 aliphatic rings. The van der Waals surface area contributed by atoms with Gasteiger partial charge in [0.15, 0.2) is 11.4 Å². The van der Waals surface area contributed by atoms with E-state index in [9.17, 15) is 18.4 Å². The number of amides is 2. The quantitative estimate of drug-likeness (QED) is 0.781. The van der Waals surface area contributed by atoms with Gasteiger partial charge in [-0.2, -0.15) is 0 Å². The van der Waals surface area contributed by atoms with Crippen LogP contribution in [0.2, 0.25) is 0 Å². The van der Waals surface area contributed by atoms with E-state index in [1.165, 1.54) is 0 Å². The summed E-state index contributed by atoms with van der Waals surface area (Å²) in [5.41, 5.74) is 4.80. The van der Waals surface area contributed by atoms with E-state index in [2.05, 4.69) is 10.3 Å². The van der Waals surface area contributed by atoms with Crippen molar-refractivity contribution < 1.29 is 27.8 Å². The molecule has 1 aliphatic carbocycles. The summed E-state index contributed by atoms with van der Waals surface area (Å²) >= 11 is 0. The molecule has 2 aliphatic heterocycles. The number of hydrogen-bond acceptors (Lipinski definition) is 6. The highest BCUT2D eigenvalue weighted by Crippen LogP contribution is 2.55. The minimum Gasteiger partial charge on any atom is -0.491 e. The summed E-state index contributed by atoms with van der Waals surface area (Å²) in [7, 11) is 0. The molecule has 2 atom stereocenters. The SMILES string of the molecule is NC(=O)CNc1ccc2c(c1)OCCn1cc(N3C(=O)OC4CC43C(F)F)nc1-2. The molecule has 1 saturated carbocycles. The van der Waals surface area contributed by atoms with E-state index in [0.717, 1.165) is 4.90 Å². The molecule has 1 saturated heterocycles. The molecule has 0 radical (unpaired) electrons. The lowest BCUT2D eigenvalue weighted by atomic mass is 10.1. The van der Waals surface area contributed by atoms with Gasteiger partial charge in [0.2, 0.25) is 5.91 Å². The van der Waals surface area contributed by atoms with Gasteiger partial charge in [0.1, 0.15) is 24.3 Å². The van der Waals surface area contributed by atoms with Crippen molar-refractivity contribution in [3.63, 3.8) is 0 Å². The molecule has 2 fully saturated rings. The second-order valence-corrected chi connectivity index (χ2v) is 7.20. The number of nitrogens with one attached hydrogen (secondary N) is 1. The van der Waals surface area contributed by atoms with Crippen molar-refractivity contribution >= 4 is 23.5 Å². The Hall–Kier alpha value is -3.37. The van der Waals surface area contributed by atoms with Crippen LogP contribution in [0.3, 0.4) is 0 Å². The number of alkyl halides is 2. The van der Waals surface area contributed by atoms with Crippen LogP contribution in [0.15, 0.2) is 24.4 Å². The molecule has 1 aromatic carbocycles. The minimum atomic E-state index is -2.73. The molecule has 5 rings (SSSR count). The molecule has 2 aromatic rings. The Morgan fingerprint density at radius 1 is 1.45 bits per heavy atom. The molecule has 11 heteroatoms. The topological polar surface area (TPSA) is 112 Å². The smallest absolute Gasteiger partial charge is 0.416 e. The van der Waals surface area contributed by atoms with Crippen LogP contribution in [0.25, 0.3) is 11.4 Å². The highest BCUT2D eigenvalue weighted by Gasteiger charge is 2.74. The number of fused-ring (bicyclic) bond motifs is 4. The second-order valence-electron chi connectivity index (χ2n) is 7.20. The Bertz CT molecular complexity index is 1030. The Morgan fingerprint density at radius 3 is 3.03 bits per heavy atom. The number of imidazole rings is 1. The van der Waals surface area contributed by atoms with Gasteiger partial charge < -0.3 is 25.1 Å². The van der Waals surface area contributed by atoms with Crippen LogP contribution in [0.4, 0.5) is 25.1 Å². The normalized spacial score (nSPS) is 24.2. The fourth-order valence-corrected chi connectivity index (χ4v) is 3.87. The Kier molecular flexibility index (Phi) is 3.70. The van der Waals surface area contributed by atoms with E-state index in [1.54, 1.807) is 29.0 Å². The zero-order chi connectivity index (χ0) is 20.3. The highest BCUT2D eigenvalue weighted by atomic mass is 19.3. The minimum absolute atomic E-state index is 0.0223. The van der Waals surface area contributed by atoms with Crippen LogP contribution in [0.5, 0.6) is 5.75 Å². The third kappa shape index (κ3) is 2.60.